The van der Waals surface area contributed by atoms with Crippen molar-refractivity contribution in [2.45, 2.75) is 0 Å². The number of aromatic amines is 1. The molecule has 0 atom stereocenters. The number of H-pyrrole nitrogens is 1. The topological polar surface area (TPSA) is 28.7 Å². The van der Waals surface area contributed by atoms with Gasteiger partial charge < -0.3 is 4.98 Å². The van der Waals surface area contributed by atoms with Crippen LogP contribution in [0.5, 0.6) is 0 Å². The van der Waals surface area contributed by atoms with Crippen LogP contribution >= 0.6 is 27.5 Å². The van der Waals surface area contributed by atoms with Crippen molar-refractivity contribution in [3.8, 4) is 11.3 Å². The molecule has 2 rings (SSSR count). The Hall–Kier alpha value is -0.800. The van der Waals surface area contributed by atoms with E-state index in [-0.39, 0.29) is 0 Å². The molecule has 1 heterocycles. The van der Waals surface area contributed by atoms with E-state index in [1.54, 1.807) is 6.33 Å². The van der Waals surface area contributed by atoms with Gasteiger partial charge in [-0.1, -0.05) is 29.8 Å². The van der Waals surface area contributed by atoms with Gasteiger partial charge in [-0.05, 0) is 22.0 Å². The zero-order valence-corrected chi connectivity index (χ0v) is 8.93. The number of imidazole rings is 1. The van der Waals surface area contributed by atoms with Gasteiger partial charge in [-0.25, -0.2) is 4.98 Å². The van der Waals surface area contributed by atoms with Gasteiger partial charge in [0.1, 0.15) is 10.3 Å². The van der Waals surface area contributed by atoms with Crippen LogP contribution in [-0.2, 0) is 0 Å². The lowest BCUT2D eigenvalue weighted by Crippen LogP contribution is -1.79. The molecule has 2 aromatic rings. The smallest absolute Gasteiger partial charge is 0.110 e. The molecule has 1 N–H and O–H groups in total. The van der Waals surface area contributed by atoms with Gasteiger partial charge in [0.15, 0.2) is 0 Å². The van der Waals surface area contributed by atoms with Crippen LogP contribution in [0.15, 0.2) is 35.2 Å². The van der Waals surface area contributed by atoms with Gasteiger partial charge in [0, 0.05) is 5.56 Å². The SMILES string of the molecule is Clc1ccccc1-c1nc[nH]c1Br. The number of benzene rings is 1. The number of hydrogen-bond acceptors (Lipinski definition) is 1. The first-order valence-corrected chi connectivity index (χ1v) is 4.90. The monoisotopic (exact) mass is 256 g/mol. The predicted molar refractivity (Wildman–Crippen MR) is 56.7 cm³/mol. The molecule has 0 fully saturated rings. The second-order valence-corrected chi connectivity index (χ2v) is 3.75. The Balaban J connectivity index is 2.59. The average Bonchev–Trinajstić information content (AvgIpc) is 2.52. The molecule has 0 saturated heterocycles. The fraction of sp³-hybridized carbons (Fsp3) is 0. The first-order valence-electron chi connectivity index (χ1n) is 3.73. The van der Waals surface area contributed by atoms with Crippen LogP contribution in [-0.4, -0.2) is 9.97 Å². The summed E-state index contributed by atoms with van der Waals surface area (Å²) >= 11 is 9.37. The summed E-state index contributed by atoms with van der Waals surface area (Å²) in [4.78, 5) is 7.10. The number of rotatable bonds is 1. The minimum Gasteiger partial charge on any atom is -0.339 e. The Kier molecular flexibility index (Phi) is 2.38. The number of hydrogen-bond donors (Lipinski definition) is 1. The molecule has 0 amide bonds. The quantitative estimate of drug-likeness (QED) is 0.832. The van der Waals surface area contributed by atoms with Crippen molar-refractivity contribution in [2.24, 2.45) is 0 Å². The van der Waals surface area contributed by atoms with Crippen molar-refractivity contribution in [3.63, 3.8) is 0 Å². The minimum absolute atomic E-state index is 0.704. The molecular formula is C9H6BrClN2. The van der Waals surface area contributed by atoms with E-state index in [9.17, 15) is 0 Å². The Labute approximate surface area is 89.1 Å². The van der Waals surface area contributed by atoms with E-state index in [0.717, 1.165) is 15.9 Å². The fourth-order valence-corrected chi connectivity index (χ4v) is 1.76. The molecule has 66 valence electrons. The highest BCUT2D eigenvalue weighted by Crippen LogP contribution is 2.30. The van der Waals surface area contributed by atoms with E-state index in [1.165, 1.54) is 0 Å². The number of nitrogens with zero attached hydrogens (tertiary/aromatic N) is 1. The molecule has 0 unspecified atom stereocenters. The second kappa shape index (κ2) is 3.52. The van der Waals surface area contributed by atoms with Crippen LogP contribution in [0.25, 0.3) is 11.3 Å². The fourth-order valence-electron chi connectivity index (χ4n) is 1.12. The van der Waals surface area contributed by atoms with E-state index < -0.39 is 0 Å². The molecule has 1 aromatic carbocycles. The van der Waals surface area contributed by atoms with Crippen molar-refractivity contribution in [3.05, 3.63) is 40.2 Å². The van der Waals surface area contributed by atoms with Gasteiger partial charge >= 0.3 is 0 Å². The highest BCUT2D eigenvalue weighted by molar-refractivity contribution is 9.10. The van der Waals surface area contributed by atoms with Crippen LogP contribution in [0.2, 0.25) is 5.02 Å². The van der Waals surface area contributed by atoms with Crippen LogP contribution in [0.4, 0.5) is 0 Å². The lowest BCUT2D eigenvalue weighted by molar-refractivity contribution is 1.30. The summed E-state index contributed by atoms with van der Waals surface area (Å²) in [5, 5.41) is 0.704. The van der Waals surface area contributed by atoms with Gasteiger partial charge in [-0.15, -0.1) is 0 Å². The van der Waals surface area contributed by atoms with E-state index in [0.29, 0.717) is 5.02 Å². The molecule has 13 heavy (non-hydrogen) atoms. The average molecular weight is 258 g/mol. The molecular weight excluding hydrogens is 251 g/mol. The van der Waals surface area contributed by atoms with Gasteiger partial charge in [0.2, 0.25) is 0 Å². The minimum atomic E-state index is 0.704. The van der Waals surface area contributed by atoms with E-state index in [2.05, 4.69) is 25.9 Å². The van der Waals surface area contributed by atoms with E-state index in [4.69, 9.17) is 11.6 Å². The first kappa shape index (κ1) is 8.78. The Morgan fingerprint density at radius 2 is 2.08 bits per heavy atom. The summed E-state index contributed by atoms with van der Waals surface area (Å²) in [7, 11) is 0. The maximum absolute atomic E-state index is 6.01. The van der Waals surface area contributed by atoms with Gasteiger partial charge in [-0.3, -0.25) is 0 Å². The molecule has 0 spiro atoms. The summed E-state index contributed by atoms with van der Waals surface area (Å²) in [6.07, 6.45) is 1.63. The van der Waals surface area contributed by atoms with Crippen LogP contribution in [0, 0.1) is 0 Å². The second-order valence-electron chi connectivity index (χ2n) is 2.54. The van der Waals surface area contributed by atoms with E-state index >= 15 is 0 Å². The van der Waals surface area contributed by atoms with Crippen molar-refractivity contribution in [1.29, 1.82) is 0 Å². The van der Waals surface area contributed by atoms with E-state index in [1.807, 2.05) is 24.3 Å². The lowest BCUT2D eigenvalue weighted by atomic mass is 10.2. The highest BCUT2D eigenvalue weighted by atomic mass is 79.9. The normalized spacial score (nSPS) is 10.3. The maximum Gasteiger partial charge on any atom is 0.110 e. The highest BCUT2D eigenvalue weighted by Gasteiger charge is 2.08. The number of nitrogens with one attached hydrogen (secondary N) is 1. The molecule has 2 nitrogen and oxygen atoms in total. The van der Waals surface area contributed by atoms with Gasteiger partial charge in [-0.2, -0.15) is 0 Å². The van der Waals surface area contributed by atoms with Crippen LogP contribution < -0.4 is 0 Å². The zero-order chi connectivity index (χ0) is 9.26. The molecule has 0 aliphatic carbocycles. The van der Waals surface area contributed by atoms with Crippen LogP contribution in [0.3, 0.4) is 0 Å². The third-order valence-electron chi connectivity index (χ3n) is 1.72. The number of aromatic nitrogens is 2. The summed E-state index contributed by atoms with van der Waals surface area (Å²) in [6, 6.07) is 7.61. The standard InChI is InChI=1S/C9H6BrClN2/c10-9-8(12-5-13-9)6-3-1-2-4-7(6)11/h1-5H,(H,12,13). The molecule has 0 bridgehead atoms. The predicted octanol–water partition coefficient (Wildman–Crippen LogP) is 3.49. The zero-order valence-electron chi connectivity index (χ0n) is 6.59. The summed E-state index contributed by atoms with van der Waals surface area (Å²) in [6.45, 7) is 0. The molecule has 1 aromatic heterocycles. The Morgan fingerprint density at radius 1 is 1.31 bits per heavy atom. The molecule has 0 aliphatic heterocycles. The molecule has 4 heteroatoms. The molecule has 0 aliphatic rings. The third kappa shape index (κ3) is 1.62. The molecule has 0 saturated carbocycles. The van der Waals surface area contributed by atoms with Gasteiger partial charge in [0.05, 0.1) is 11.3 Å². The van der Waals surface area contributed by atoms with Crippen molar-refractivity contribution in [1.82, 2.24) is 9.97 Å². The Bertz CT molecular complexity index is 425. The van der Waals surface area contributed by atoms with Gasteiger partial charge in [0.25, 0.3) is 0 Å². The largest absolute Gasteiger partial charge is 0.339 e. The lowest BCUT2D eigenvalue weighted by Gasteiger charge is -1.99. The summed E-state index contributed by atoms with van der Waals surface area (Å²) < 4.78 is 0.848. The first-order chi connectivity index (χ1) is 6.29. The van der Waals surface area contributed by atoms with Crippen molar-refractivity contribution >= 4 is 27.5 Å². The van der Waals surface area contributed by atoms with Crippen molar-refractivity contribution < 1.29 is 0 Å². The third-order valence-corrected chi connectivity index (χ3v) is 2.66. The summed E-state index contributed by atoms with van der Waals surface area (Å²) in [5.74, 6) is 0. The summed E-state index contributed by atoms with van der Waals surface area (Å²) in [5.41, 5.74) is 1.77. The number of halogens is 2. The maximum atomic E-state index is 6.01. The Morgan fingerprint density at radius 3 is 2.69 bits per heavy atom. The molecule has 0 radical (unpaired) electrons. The van der Waals surface area contributed by atoms with Crippen LogP contribution in [0.1, 0.15) is 0 Å². The van der Waals surface area contributed by atoms with Crippen molar-refractivity contribution in [2.75, 3.05) is 0 Å².